The van der Waals surface area contributed by atoms with Crippen LogP contribution < -0.4 is 10.7 Å². The fraction of sp³-hybridized carbons (Fsp3) is 0.154. The highest BCUT2D eigenvalue weighted by molar-refractivity contribution is 6.00. The van der Waals surface area contributed by atoms with Crippen molar-refractivity contribution in [3.63, 3.8) is 0 Å². The predicted octanol–water partition coefficient (Wildman–Crippen LogP) is -0.985. The summed E-state index contributed by atoms with van der Waals surface area (Å²) in [6.07, 6.45) is 4.08. The Morgan fingerprint density at radius 3 is 2.83 bits per heavy atom. The zero-order valence-electron chi connectivity index (χ0n) is 11.8. The van der Waals surface area contributed by atoms with Crippen molar-refractivity contribution >= 4 is 22.8 Å². The van der Waals surface area contributed by atoms with E-state index in [4.69, 9.17) is 0 Å². The number of amides is 2. The van der Waals surface area contributed by atoms with Gasteiger partial charge in [-0.25, -0.2) is 9.66 Å². The molecular weight excluding hydrogens is 302 g/mol. The smallest absolute Gasteiger partial charge is 0.263 e. The Balaban J connectivity index is 1.70. The third-order valence-corrected chi connectivity index (χ3v) is 3.14. The second-order valence-electron chi connectivity index (χ2n) is 4.69. The van der Waals surface area contributed by atoms with Crippen molar-refractivity contribution in [2.45, 2.75) is 6.04 Å². The van der Waals surface area contributed by atoms with Gasteiger partial charge in [-0.05, 0) is 18.2 Å². The summed E-state index contributed by atoms with van der Waals surface area (Å²) < 4.78 is 1.22. The van der Waals surface area contributed by atoms with Crippen LogP contribution in [0.2, 0.25) is 0 Å². The lowest BCUT2D eigenvalue weighted by atomic mass is 10.1. The van der Waals surface area contributed by atoms with Gasteiger partial charge in [-0.3, -0.25) is 15.0 Å². The molecule has 118 valence electrons. The molecule has 0 bridgehead atoms. The van der Waals surface area contributed by atoms with Crippen LogP contribution in [0.15, 0.2) is 37.2 Å². The first-order chi connectivity index (χ1) is 11.2. The topological polar surface area (TPSA) is 138 Å². The summed E-state index contributed by atoms with van der Waals surface area (Å²) in [6, 6.07) is 3.78. The fourth-order valence-electron chi connectivity index (χ4n) is 1.98. The van der Waals surface area contributed by atoms with Gasteiger partial charge in [-0.15, -0.1) is 10.2 Å². The summed E-state index contributed by atoms with van der Waals surface area (Å²) in [4.78, 5) is 31.2. The summed E-state index contributed by atoms with van der Waals surface area (Å²) in [5, 5.41) is 18.9. The maximum Gasteiger partial charge on any atom is 0.263 e. The van der Waals surface area contributed by atoms with E-state index < -0.39 is 24.5 Å². The average molecular weight is 315 g/mol. The molecule has 0 spiro atoms. The Hall–Kier alpha value is -3.27. The third kappa shape index (κ3) is 3.16. The van der Waals surface area contributed by atoms with E-state index in [9.17, 15) is 14.7 Å². The highest BCUT2D eigenvalue weighted by atomic mass is 16.3. The van der Waals surface area contributed by atoms with Crippen LogP contribution in [0.3, 0.4) is 0 Å². The average Bonchev–Trinajstić information content (AvgIpc) is 3.22. The molecule has 23 heavy (non-hydrogen) atoms. The summed E-state index contributed by atoms with van der Waals surface area (Å²) in [5.41, 5.74) is 4.19. The second kappa shape index (κ2) is 6.23. The van der Waals surface area contributed by atoms with Crippen LogP contribution in [0.1, 0.15) is 10.4 Å². The van der Waals surface area contributed by atoms with Gasteiger partial charge in [0.1, 0.15) is 18.7 Å². The number of aliphatic hydroxyl groups is 1. The minimum Gasteiger partial charge on any atom is -0.394 e. The largest absolute Gasteiger partial charge is 0.394 e. The van der Waals surface area contributed by atoms with Crippen LogP contribution in [0.25, 0.3) is 11.0 Å². The number of hydrogen-bond acceptors (Lipinski definition) is 6. The molecule has 1 aromatic carbocycles. The van der Waals surface area contributed by atoms with Crippen LogP contribution in [0.5, 0.6) is 0 Å². The number of aliphatic hydroxyl groups excluding tert-OH is 1. The van der Waals surface area contributed by atoms with E-state index in [1.54, 1.807) is 18.2 Å². The Kier molecular flexibility index (Phi) is 3.97. The summed E-state index contributed by atoms with van der Waals surface area (Å²) >= 11 is 0. The molecule has 1 atom stereocenters. The second-order valence-corrected chi connectivity index (χ2v) is 4.69. The lowest BCUT2D eigenvalue weighted by molar-refractivity contribution is -0.119. The van der Waals surface area contributed by atoms with E-state index >= 15 is 0 Å². The van der Waals surface area contributed by atoms with Crippen LogP contribution in [0, 0.1) is 0 Å². The van der Waals surface area contributed by atoms with Crippen LogP contribution in [-0.4, -0.2) is 54.4 Å². The molecule has 0 saturated heterocycles. The van der Waals surface area contributed by atoms with E-state index in [1.165, 1.54) is 23.7 Å². The fourth-order valence-corrected chi connectivity index (χ4v) is 1.98. The van der Waals surface area contributed by atoms with E-state index in [0.717, 1.165) is 5.52 Å². The standard InChI is InChI=1S/C13H13N7O3/c21-4-11(13(23)19-20-6-16-17-7-20)18-12(22)8-1-2-9-10(3-8)15-5-14-9/h1-3,5-7,11,21H,4H2,(H,14,15)(H,18,22)(H,19,23). The molecule has 0 fully saturated rings. The normalized spacial score (nSPS) is 12.0. The van der Waals surface area contributed by atoms with E-state index in [2.05, 4.69) is 30.9 Å². The van der Waals surface area contributed by atoms with Crippen molar-refractivity contribution in [2.75, 3.05) is 12.0 Å². The van der Waals surface area contributed by atoms with Crippen molar-refractivity contribution in [1.82, 2.24) is 30.2 Å². The SMILES string of the molecule is O=C(NC(CO)C(=O)Nn1cnnc1)c1ccc2nc[nH]c2c1. The molecule has 3 aromatic rings. The van der Waals surface area contributed by atoms with Gasteiger partial charge in [0, 0.05) is 5.56 Å². The van der Waals surface area contributed by atoms with E-state index in [-0.39, 0.29) is 0 Å². The van der Waals surface area contributed by atoms with Gasteiger partial charge in [-0.2, -0.15) is 0 Å². The van der Waals surface area contributed by atoms with Gasteiger partial charge >= 0.3 is 0 Å². The Morgan fingerprint density at radius 2 is 2.09 bits per heavy atom. The molecule has 10 nitrogen and oxygen atoms in total. The van der Waals surface area contributed by atoms with E-state index in [0.29, 0.717) is 11.1 Å². The van der Waals surface area contributed by atoms with Crippen molar-refractivity contribution in [2.24, 2.45) is 0 Å². The van der Waals surface area contributed by atoms with Crippen molar-refractivity contribution < 1.29 is 14.7 Å². The number of nitrogens with one attached hydrogen (secondary N) is 3. The third-order valence-electron chi connectivity index (χ3n) is 3.14. The molecule has 0 radical (unpaired) electrons. The number of carbonyl (C=O) groups excluding carboxylic acids is 2. The molecular formula is C13H13N7O3. The first-order valence-electron chi connectivity index (χ1n) is 6.67. The molecule has 0 aliphatic carbocycles. The zero-order chi connectivity index (χ0) is 16.2. The monoisotopic (exact) mass is 315 g/mol. The molecule has 2 heterocycles. The first kappa shape index (κ1) is 14.7. The molecule has 0 aliphatic rings. The Bertz CT molecular complexity index is 827. The van der Waals surface area contributed by atoms with Crippen LogP contribution >= 0.6 is 0 Å². The molecule has 4 N–H and O–H groups in total. The number of imidazole rings is 1. The van der Waals surface area contributed by atoms with Gasteiger partial charge in [0.25, 0.3) is 11.8 Å². The lowest BCUT2D eigenvalue weighted by Crippen LogP contribution is -2.47. The van der Waals surface area contributed by atoms with Crippen LogP contribution in [0.4, 0.5) is 0 Å². The van der Waals surface area contributed by atoms with Gasteiger partial charge in [0.2, 0.25) is 0 Å². The number of hydrogen-bond donors (Lipinski definition) is 4. The summed E-state index contributed by atoms with van der Waals surface area (Å²) in [7, 11) is 0. The van der Waals surface area contributed by atoms with Crippen molar-refractivity contribution in [3.8, 4) is 0 Å². The Labute approximate surface area is 129 Å². The minimum atomic E-state index is -1.11. The minimum absolute atomic E-state index is 0.345. The summed E-state index contributed by atoms with van der Waals surface area (Å²) in [5.74, 6) is -1.08. The molecule has 10 heteroatoms. The summed E-state index contributed by atoms with van der Waals surface area (Å²) in [6.45, 7) is -0.550. The maximum atomic E-state index is 12.2. The number of rotatable bonds is 5. The quantitative estimate of drug-likeness (QED) is 0.477. The maximum absolute atomic E-state index is 12.2. The number of fused-ring (bicyclic) bond motifs is 1. The molecule has 0 aliphatic heterocycles. The number of carbonyl (C=O) groups is 2. The van der Waals surface area contributed by atoms with Gasteiger partial charge in [0.15, 0.2) is 0 Å². The lowest BCUT2D eigenvalue weighted by Gasteiger charge is -2.16. The van der Waals surface area contributed by atoms with Gasteiger partial charge in [-0.1, -0.05) is 0 Å². The van der Waals surface area contributed by atoms with Crippen molar-refractivity contribution in [3.05, 3.63) is 42.7 Å². The van der Waals surface area contributed by atoms with Crippen molar-refractivity contribution in [1.29, 1.82) is 0 Å². The molecule has 2 amide bonds. The number of aromatic nitrogens is 5. The molecule has 0 saturated carbocycles. The number of H-pyrrole nitrogens is 1. The number of aromatic amines is 1. The zero-order valence-corrected chi connectivity index (χ0v) is 11.8. The number of nitrogens with zero attached hydrogens (tertiary/aromatic N) is 4. The first-order valence-corrected chi connectivity index (χ1v) is 6.67. The highest BCUT2D eigenvalue weighted by Crippen LogP contribution is 2.11. The molecule has 2 aromatic heterocycles. The predicted molar refractivity (Wildman–Crippen MR) is 78.8 cm³/mol. The molecule has 1 unspecified atom stereocenters. The Morgan fingerprint density at radius 1 is 1.30 bits per heavy atom. The van der Waals surface area contributed by atoms with Crippen LogP contribution in [-0.2, 0) is 4.79 Å². The van der Waals surface area contributed by atoms with Gasteiger partial charge in [0.05, 0.1) is 24.0 Å². The number of benzene rings is 1. The van der Waals surface area contributed by atoms with Gasteiger partial charge < -0.3 is 15.4 Å². The highest BCUT2D eigenvalue weighted by Gasteiger charge is 2.21. The molecule has 3 rings (SSSR count). The van der Waals surface area contributed by atoms with E-state index in [1.807, 2.05) is 0 Å².